The molecule has 1 aliphatic rings. The average molecular weight is 355 g/mol. The van der Waals surface area contributed by atoms with E-state index in [9.17, 15) is 4.79 Å². The largest absolute Gasteiger partial charge is 0.372 e. The number of aryl methyl sites for hydroxylation is 1. The lowest BCUT2D eigenvalue weighted by Crippen LogP contribution is -2.18. The van der Waals surface area contributed by atoms with Crippen LogP contribution in [0.2, 0.25) is 5.02 Å². The van der Waals surface area contributed by atoms with Crippen molar-refractivity contribution in [3.05, 3.63) is 59.0 Å². The monoisotopic (exact) mass is 354 g/mol. The first kappa shape index (κ1) is 16.0. The van der Waals surface area contributed by atoms with E-state index in [1.54, 1.807) is 22.7 Å². The van der Waals surface area contributed by atoms with Crippen LogP contribution >= 0.6 is 11.6 Å². The summed E-state index contributed by atoms with van der Waals surface area (Å²) in [5, 5.41) is 3.52. The second-order valence-electron chi connectivity index (χ2n) is 6.32. The maximum Gasteiger partial charge on any atom is 0.274 e. The first-order chi connectivity index (χ1) is 12.1. The molecule has 1 saturated heterocycles. The summed E-state index contributed by atoms with van der Waals surface area (Å²) in [6, 6.07) is 11.6. The highest BCUT2D eigenvalue weighted by molar-refractivity contribution is 6.30. The fourth-order valence-electron chi connectivity index (χ4n) is 3.33. The predicted molar refractivity (Wildman–Crippen MR) is 101 cm³/mol. The molecule has 6 heteroatoms. The van der Waals surface area contributed by atoms with Gasteiger partial charge in [0, 0.05) is 30.7 Å². The third kappa shape index (κ3) is 3.07. The number of rotatable bonds is 3. The van der Waals surface area contributed by atoms with Gasteiger partial charge in [0.2, 0.25) is 0 Å². The second-order valence-corrected chi connectivity index (χ2v) is 6.75. The standard InChI is InChI=1S/C19H19ClN4O/c1-13-18(24-12-14(20)4-9-17(24)21-13)19(25)22-15-5-7-16(8-6-15)23-10-2-3-11-23/h4-9,12H,2-3,10-11H2,1H3,(H,22,25). The van der Waals surface area contributed by atoms with Crippen molar-refractivity contribution < 1.29 is 4.79 Å². The minimum absolute atomic E-state index is 0.193. The molecule has 4 rings (SSSR count). The topological polar surface area (TPSA) is 49.6 Å². The zero-order valence-corrected chi connectivity index (χ0v) is 14.8. The van der Waals surface area contributed by atoms with Crippen LogP contribution in [-0.4, -0.2) is 28.4 Å². The van der Waals surface area contributed by atoms with Crippen LogP contribution in [0.3, 0.4) is 0 Å². The molecule has 1 amide bonds. The maximum absolute atomic E-state index is 12.7. The molecule has 1 aromatic carbocycles. The second kappa shape index (κ2) is 6.41. The number of hydrogen-bond acceptors (Lipinski definition) is 3. The van der Waals surface area contributed by atoms with Gasteiger partial charge in [-0.1, -0.05) is 11.6 Å². The van der Waals surface area contributed by atoms with Crippen molar-refractivity contribution in [1.82, 2.24) is 9.38 Å². The number of carbonyl (C=O) groups is 1. The summed E-state index contributed by atoms with van der Waals surface area (Å²) in [4.78, 5) is 19.5. The van der Waals surface area contributed by atoms with Gasteiger partial charge in [-0.2, -0.15) is 0 Å². The van der Waals surface area contributed by atoms with E-state index in [0.29, 0.717) is 22.1 Å². The number of nitrogens with one attached hydrogen (secondary N) is 1. The highest BCUT2D eigenvalue weighted by atomic mass is 35.5. The molecule has 1 fully saturated rings. The van der Waals surface area contributed by atoms with Crippen molar-refractivity contribution in [1.29, 1.82) is 0 Å². The van der Waals surface area contributed by atoms with Crippen molar-refractivity contribution in [2.24, 2.45) is 0 Å². The van der Waals surface area contributed by atoms with Crippen LogP contribution < -0.4 is 10.2 Å². The van der Waals surface area contributed by atoms with E-state index in [4.69, 9.17) is 11.6 Å². The minimum Gasteiger partial charge on any atom is -0.372 e. The van der Waals surface area contributed by atoms with E-state index in [2.05, 4.69) is 27.3 Å². The van der Waals surface area contributed by atoms with E-state index in [0.717, 1.165) is 18.8 Å². The number of benzene rings is 1. The summed E-state index contributed by atoms with van der Waals surface area (Å²) in [7, 11) is 0. The summed E-state index contributed by atoms with van der Waals surface area (Å²) in [5.74, 6) is -0.193. The lowest BCUT2D eigenvalue weighted by Gasteiger charge is -2.17. The van der Waals surface area contributed by atoms with Crippen LogP contribution in [0.25, 0.3) is 5.65 Å². The van der Waals surface area contributed by atoms with Crippen LogP contribution in [0.15, 0.2) is 42.6 Å². The zero-order valence-electron chi connectivity index (χ0n) is 14.0. The van der Waals surface area contributed by atoms with Gasteiger partial charge in [-0.15, -0.1) is 0 Å². The van der Waals surface area contributed by atoms with Crippen LogP contribution in [0.4, 0.5) is 11.4 Å². The molecule has 25 heavy (non-hydrogen) atoms. The molecule has 128 valence electrons. The average Bonchev–Trinajstić information content (AvgIpc) is 3.22. The van der Waals surface area contributed by atoms with Crippen molar-refractivity contribution in [2.75, 3.05) is 23.3 Å². The first-order valence-electron chi connectivity index (χ1n) is 8.42. The van der Waals surface area contributed by atoms with E-state index < -0.39 is 0 Å². The van der Waals surface area contributed by atoms with Gasteiger partial charge < -0.3 is 10.2 Å². The Morgan fingerprint density at radius 3 is 2.56 bits per heavy atom. The van der Waals surface area contributed by atoms with Crippen molar-refractivity contribution in [3.63, 3.8) is 0 Å². The number of pyridine rings is 1. The van der Waals surface area contributed by atoms with Crippen LogP contribution in [-0.2, 0) is 0 Å². The van der Waals surface area contributed by atoms with Crippen molar-refractivity contribution in [2.45, 2.75) is 19.8 Å². The molecule has 0 radical (unpaired) electrons. The number of anilines is 2. The fourth-order valence-corrected chi connectivity index (χ4v) is 3.49. The van der Waals surface area contributed by atoms with Crippen LogP contribution in [0.5, 0.6) is 0 Å². The Morgan fingerprint density at radius 1 is 1.12 bits per heavy atom. The summed E-state index contributed by atoms with van der Waals surface area (Å²) in [6.07, 6.45) is 4.20. The van der Waals surface area contributed by atoms with E-state index in [-0.39, 0.29) is 5.91 Å². The van der Waals surface area contributed by atoms with Gasteiger partial charge in [0.15, 0.2) is 0 Å². The van der Waals surface area contributed by atoms with Crippen LogP contribution in [0.1, 0.15) is 29.0 Å². The highest BCUT2D eigenvalue weighted by Gasteiger charge is 2.17. The van der Waals surface area contributed by atoms with Gasteiger partial charge in [0.1, 0.15) is 11.3 Å². The van der Waals surface area contributed by atoms with Crippen molar-refractivity contribution >= 4 is 34.5 Å². The van der Waals surface area contributed by atoms with Gasteiger partial charge >= 0.3 is 0 Å². The lowest BCUT2D eigenvalue weighted by molar-refractivity contribution is 0.102. The molecule has 5 nitrogen and oxygen atoms in total. The Balaban J connectivity index is 1.58. The zero-order chi connectivity index (χ0) is 17.4. The third-order valence-corrected chi connectivity index (χ3v) is 4.79. The molecule has 1 aliphatic heterocycles. The Hall–Kier alpha value is -2.53. The van der Waals surface area contributed by atoms with Gasteiger partial charge in [0.05, 0.1) is 10.7 Å². The van der Waals surface area contributed by atoms with E-state index in [1.165, 1.54) is 18.5 Å². The minimum atomic E-state index is -0.193. The number of imidazole rings is 1. The normalized spacial score (nSPS) is 14.2. The molecule has 0 spiro atoms. The Kier molecular flexibility index (Phi) is 4.09. The molecular weight excluding hydrogens is 336 g/mol. The first-order valence-corrected chi connectivity index (χ1v) is 8.80. The lowest BCUT2D eigenvalue weighted by atomic mass is 10.2. The molecule has 0 unspecified atom stereocenters. The van der Waals surface area contributed by atoms with Gasteiger partial charge in [-0.25, -0.2) is 4.98 Å². The van der Waals surface area contributed by atoms with Gasteiger partial charge in [0.25, 0.3) is 5.91 Å². The summed E-state index contributed by atoms with van der Waals surface area (Å²) >= 11 is 6.06. The molecule has 3 heterocycles. The number of nitrogens with zero attached hydrogens (tertiary/aromatic N) is 3. The number of aromatic nitrogens is 2. The van der Waals surface area contributed by atoms with Crippen molar-refractivity contribution in [3.8, 4) is 0 Å². The smallest absolute Gasteiger partial charge is 0.274 e. The number of hydrogen-bond donors (Lipinski definition) is 1. The Bertz CT molecular complexity index is 926. The summed E-state index contributed by atoms with van der Waals surface area (Å²) < 4.78 is 1.73. The predicted octanol–water partition coefficient (Wildman–Crippen LogP) is 4.15. The Morgan fingerprint density at radius 2 is 1.84 bits per heavy atom. The number of fused-ring (bicyclic) bond motifs is 1. The van der Waals surface area contributed by atoms with E-state index in [1.807, 2.05) is 19.1 Å². The molecule has 1 N–H and O–H groups in total. The summed E-state index contributed by atoms with van der Waals surface area (Å²) in [6.45, 7) is 4.03. The summed E-state index contributed by atoms with van der Waals surface area (Å²) in [5.41, 5.74) is 3.85. The van der Waals surface area contributed by atoms with E-state index >= 15 is 0 Å². The molecule has 0 bridgehead atoms. The number of carbonyl (C=O) groups excluding carboxylic acids is 1. The SMILES string of the molecule is Cc1nc2ccc(Cl)cn2c1C(=O)Nc1ccc(N2CCCC2)cc1. The molecule has 0 aliphatic carbocycles. The quantitative estimate of drug-likeness (QED) is 0.768. The molecule has 0 saturated carbocycles. The fraction of sp³-hybridized carbons (Fsp3) is 0.263. The number of halogens is 1. The molecule has 0 atom stereocenters. The van der Waals surface area contributed by atoms with Crippen LogP contribution in [0, 0.1) is 6.92 Å². The molecular formula is C19H19ClN4O. The third-order valence-electron chi connectivity index (χ3n) is 4.57. The molecule has 2 aromatic heterocycles. The molecule has 3 aromatic rings. The number of amides is 1. The highest BCUT2D eigenvalue weighted by Crippen LogP contribution is 2.23. The van der Waals surface area contributed by atoms with Gasteiger partial charge in [-0.05, 0) is 56.2 Å². The van der Waals surface area contributed by atoms with Gasteiger partial charge in [-0.3, -0.25) is 9.20 Å². The maximum atomic E-state index is 12.7. The Labute approximate surface area is 151 Å².